The van der Waals surface area contributed by atoms with Crippen molar-refractivity contribution in [3.63, 3.8) is 0 Å². The second-order valence-corrected chi connectivity index (χ2v) is 4.21. The predicted molar refractivity (Wildman–Crippen MR) is 58.2 cm³/mol. The summed E-state index contributed by atoms with van der Waals surface area (Å²) in [7, 11) is -1.54. The number of amides is 1. The van der Waals surface area contributed by atoms with Gasteiger partial charge in [0.25, 0.3) is 0 Å². The van der Waals surface area contributed by atoms with E-state index in [2.05, 4.69) is 11.9 Å². The third-order valence-electron chi connectivity index (χ3n) is 1.48. The van der Waals surface area contributed by atoms with Gasteiger partial charge in [-0.2, -0.15) is 0 Å². The van der Waals surface area contributed by atoms with E-state index in [1.54, 1.807) is 20.8 Å². The first-order chi connectivity index (χ1) is 6.72. The molecule has 5 nitrogen and oxygen atoms in total. The standard InChI is InChI=1S/C9H18BNO4/c1-7(10(13)14)5-6-11-8(12)15-9(2,3)4/h13-14H,1,5-6H2,2-4H3,(H,11,12). The van der Waals surface area contributed by atoms with Crippen LogP contribution < -0.4 is 5.32 Å². The maximum atomic E-state index is 11.1. The van der Waals surface area contributed by atoms with Crippen molar-refractivity contribution in [3.8, 4) is 0 Å². The van der Waals surface area contributed by atoms with Crippen LogP contribution in [-0.4, -0.2) is 35.4 Å². The largest absolute Gasteiger partial charge is 0.483 e. The number of rotatable bonds is 4. The van der Waals surface area contributed by atoms with Crippen LogP contribution in [0, 0.1) is 0 Å². The zero-order valence-corrected chi connectivity index (χ0v) is 9.41. The second kappa shape index (κ2) is 5.77. The van der Waals surface area contributed by atoms with Crippen molar-refractivity contribution in [3.05, 3.63) is 12.1 Å². The van der Waals surface area contributed by atoms with Crippen LogP contribution in [0.4, 0.5) is 4.79 Å². The molecule has 0 unspecified atom stereocenters. The molecule has 0 spiro atoms. The molecule has 3 N–H and O–H groups in total. The fourth-order valence-corrected chi connectivity index (χ4v) is 0.768. The number of hydrogen-bond acceptors (Lipinski definition) is 4. The minimum Gasteiger partial charge on any atom is -0.444 e. The highest BCUT2D eigenvalue weighted by Gasteiger charge is 2.16. The third kappa shape index (κ3) is 8.02. The highest BCUT2D eigenvalue weighted by molar-refractivity contribution is 6.50. The van der Waals surface area contributed by atoms with Crippen molar-refractivity contribution in [2.24, 2.45) is 0 Å². The van der Waals surface area contributed by atoms with E-state index >= 15 is 0 Å². The SMILES string of the molecule is C=C(CCNC(=O)OC(C)(C)C)B(O)O. The maximum absolute atomic E-state index is 11.1. The molecule has 0 rings (SSSR count). The first-order valence-corrected chi connectivity index (χ1v) is 4.73. The van der Waals surface area contributed by atoms with E-state index in [9.17, 15) is 4.79 Å². The Morgan fingerprint density at radius 1 is 1.47 bits per heavy atom. The number of hydrogen-bond donors (Lipinski definition) is 3. The summed E-state index contributed by atoms with van der Waals surface area (Å²) in [6, 6.07) is 0. The lowest BCUT2D eigenvalue weighted by Gasteiger charge is -2.19. The van der Waals surface area contributed by atoms with Crippen molar-refractivity contribution in [1.29, 1.82) is 0 Å². The van der Waals surface area contributed by atoms with E-state index in [1.165, 1.54) is 0 Å². The van der Waals surface area contributed by atoms with Crippen molar-refractivity contribution < 1.29 is 19.6 Å². The molecule has 86 valence electrons. The molecule has 1 amide bonds. The normalized spacial score (nSPS) is 10.7. The number of nitrogens with one attached hydrogen (secondary N) is 1. The van der Waals surface area contributed by atoms with Crippen LogP contribution in [-0.2, 0) is 4.74 Å². The van der Waals surface area contributed by atoms with Gasteiger partial charge in [-0.25, -0.2) is 4.79 Å². The Labute approximate surface area is 90.3 Å². The molecule has 0 heterocycles. The van der Waals surface area contributed by atoms with Gasteiger partial charge in [0.15, 0.2) is 0 Å². The molecule has 0 radical (unpaired) electrons. The molecule has 0 aromatic heterocycles. The predicted octanol–water partition coefficient (Wildman–Crippen LogP) is 0.469. The molecule has 6 heteroatoms. The molecule has 0 aliphatic carbocycles. The molecule has 0 saturated heterocycles. The van der Waals surface area contributed by atoms with Crippen LogP contribution in [0.2, 0.25) is 0 Å². The van der Waals surface area contributed by atoms with Gasteiger partial charge in [0.05, 0.1) is 0 Å². The number of carbonyl (C=O) groups is 1. The highest BCUT2D eigenvalue weighted by Crippen LogP contribution is 2.06. The lowest BCUT2D eigenvalue weighted by atomic mass is 9.79. The smallest absolute Gasteiger partial charge is 0.444 e. The summed E-state index contributed by atoms with van der Waals surface area (Å²) in [5.74, 6) is 0. The van der Waals surface area contributed by atoms with Crippen molar-refractivity contribution >= 4 is 13.2 Å². The van der Waals surface area contributed by atoms with Crippen LogP contribution in [0.3, 0.4) is 0 Å². The fraction of sp³-hybridized carbons (Fsp3) is 0.667. The van der Waals surface area contributed by atoms with E-state index in [0.29, 0.717) is 6.42 Å². The zero-order chi connectivity index (χ0) is 12.1. The third-order valence-corrected chi connectivity index (χ3v) is 1.48. The highest BCUT2D eigenvalue weighted by atomic mass is 16.6. The lowest BCUT2D eigenvalue weighted by molar-refractivity contribution is 0.0528. The van der Waals surface area contributed by atoms with Crippen molar-refractivity contribution in [2.45, 2.75) is 32.8 Å². The molecule has 0 fully saturated rings. The Kier molecular flexibility index (Phi) is 5.39. The van der Waals surface area contributed by atoms with Crippen molar-refractivity contribution in [2.75, 3.05) is 6.54 Å². The molecular weight excluding hydrogens is 197 g/mol. The number of ether oxygens (including phenoxy) is 1. The number of carbonyl (C=O) groups excluding carboxylic acids is 1. The minimum absolute atomic E-state index is 0.256. The summed E-state index contributed by atoms with van der Waals surface area (Å²) in [5, 5.41) is 19.9. The van der Waals surface area contributed by atoms with Gasteiger partial charge >= 0.3 is 13.2 Å². The Bertz CT molecular complexity index is 235. The van der Waals surface area contributed by atoms with Gasteiger partial charge in [-0.15, -0.1) is 6.58 Å². The molecule has 0 aromatic rings. The fourth-order valence-electron chi connectivity index (χ4n) is 0.768. The molecule has 0 aromatic carbocycles. The van der Waals surface area contributed by atoms with Crippen molar-refractivity contribution in [1.82, 2.24) is 5.32 Å². The molecule has 0 aliphatic heterocycles. The average Bonchev–Trinajstić information content (AvgIpc) is 2.00. The van der Waals surface area contributed by atoms with Crippen LogP contribution in [0.25, 0.3) is 0 Å². The van der Waals surface area contributed by atoms with Crippen LogP contribution in [0.5, 0.6) is 0 Å². The summed E-state index contributed by atoms with van der Waals surface area (Å²) in [4.78, 5) is 11.1. The first-order valence-electron chi connectivity index (χ1n) is 4.73. The Morgan fingerprint density at radius 2 is 2.00 bits per heavy atom. The molecule has 0 aliphatic rings. The first kappa shape index (κ1) is 14.0. The molecule has 0 saturated carbocycles. The van der Waals surface area contributed by atoms with Gasteiger partial charge in [0.2, 0.25) is 0 Å². The van der Waals surface area contributed by atoms with Gasteiger partial charge in [-0.05, 0) is 32.7 Å². The minimum atomic E-state index is -1.54. The lowest BCUT2D eigenvalue weighted by Crippen LogP contribution is -2.33. The van der Waals surface area contributed by atoms with E-state index in [0.717, 1.165) is 0 Å². The average molecular weight is 215 g/mol. The summed E-state index contributed by atoms with van der Waals surface area (Å²) in [6.07, 6.45) is -0.223. The van der Waals surface area contributed by atoms with E-state index in [-0.39, 0.29) is 12.0 Å². The van der Waals surface area contributed by atoms with E-state index in [4.69, 9.17) is 14.8 Å². The topological polar surface area (TPSA) is 78.8 Å². The molecular formula is C9H18BNO4. The van der Waals surface area contributed by atoms with Crippen LogP contribution in [0.1, 0.15) is 27.2 Å². The summed E-state index contributed by atoms with van der Waals surface area (Å²) < 4.78 is 4.98. The van der Waals surface area contributed by atoms with Crippen LogP contribution >= 0.6 is 0 Å². The van der Waals surface area contributed by atoms with Gasteiger partial charge in [0, 0.05) is 6.54 Å². The summed E-state index contributed by atoms with van der Waals surface area (Å²) >= 11 is 0. The van der Waals surface area contributed by atoms with Gasteiger partial charge in [-0.1, -0.05) is 0 Å². The molecule has 0 atom stereocenters. The van der Waals surface area contributed by atoms with Gasteiger partial charge < -0.3 is 20.1 Å². The molecule has 15 heavy (non-hydrogen) atoms. The molecule has 0 bridgehead atoms. The zero-order valence-electron chi connectivity index (χ0n) is 9.41. The second-order valence-electron chi connectivity index (χ2n) is 4.21. The Balaban J connectivity index is 3.70. The van der Waals surface area contributed by atoms with Gasteiger partial charge in [-0.3, -0.25) is 0 Å². The number of alkyl carbamates (subject to hydrolysis) is 1. The summed E-state index contributed by atoms with van der Waals surface area (Å²) in [5.41, 5.74) is -0.275. The van der Waals surface area contributed by atoms with E-state index in [1.807, 2.05) is 0 Å². The van der Waals surface area contributed by atoms with Crippen LogP contribution in [0.15, 0.2) is 12.1 Å². The summed E-state index contributed by atoms with van der Waals surface area (Å²) in [6.45, 7) is 9.00. The monoisotopic (exact) mass is 215 g/mol. The van der Waals surface area contributed by atoms with E-state index < -0.39 is 18.8 Å². The van der Waals surface area contributed by atoms with Gasteiger partial charge in [0.1, 0.15) is 5.60 Å². The Morgan fingerprint density at radius 3 is 2.40 bits per heavy atom. The Hall–Kier alpha value is -1.01. The quantitative estimate of drug-likeness (QED) is 0.595. The maximum Gasteiger partial charge on any atom is 0.483 e.